The van der Waals surface area contributed by atoms with Gasteiger partial charge in [0.2, 0.25) is 0 Å². The van der Waals surface area contributed by atoms with Crippen molar-refractivity contribution in [1.29, 1.82) is 0 Å². The predicted octanol–water partition coefficient (Wildman–Crippen LogP) is 36.6. The first-order valence-electron chi connectivity index (χ1n) is 45.2. The Kier molecular flexibility index (Phi) is 28.3. The summed E-state index contributed by atoms with van der Waals surface area (Å²) in [4.78, 5) is 0. The second-order valence-electron chi connectivity index (χ2n) is 33.5. The molecule has 21 aromatic rings. The first-order valence-corrected chi connectivity index (χ1v) is 45.2. The molecule has 0 N–H and O–H groups in total. The highest BCUT2D eigenvalue weighted by Gasteiger charge is 2.16. The van der Waals surface area contributed by atoms with E-state index in [0.717, 1.165) is 0 Å². The first kappa shape index (κ1) is 86.7. The van der Waals surface area contributed by atoms with Crippen LogP contribution in [-0.4, -0.2) is 0 Å². The van der Waals surface area contributed by atoms with Crippen molar-refractivity contribution in [2.24, 2.45) is 0 Å². The average molecular weight is 1680 g/mol. The highest BCUT2D eigenvalue weighted by atomic mass is 14.2. The van der Waals surface area contributed by atoms with Gasteiger partial charge in [-0.1, -0.05) is 484 Å². The van der Waals surface area contributed by atoms with Crippen molar-refractivity contribution in [3.05, 3.63) is 568 Å². The van der Waals surface area contributed by atoms with E-state index in [1.54, 1.807) is 0 Å². The molecule has 0 heteroatoms. The topological polar surface area (TPSA) is 0 Å². The Hall–Kier alpha value is -16.4. The number of rotatable bonds is 16. The molecule has 0 fully saturated rings. The third-order valence-corrected chi connectivity index (χ3v) is 23.8. The number of hydrogen-bond donors (Lipinski definition) is 0. The molecule has 0 bridgehead atoms. The van der Waals surface area contributed by atoms with Gasteiger partial charge in [-0.05, 0) is 296 Å². The highest BCUT2D eigenvalue weighted by Crippen LogP contribution is 2.42. The van der Waals surface area contributed by atoms with Crippen LogP contribution < -0.4 is 0 Å². The molecule has 0 aliphatic rings. The standard InChI is InChI=1S/C43H32.C31H24.3C19H16/c1-31-22-36(42-27-38(32-14-6-2-7-15-32)25-39(28-42)33-16-8-3-9-17-33)24-37(23-31)43-29-40(34-18-10-4-11-19-34)26-41(30-43)35-20-12-5-13-21-35;1-23-18-30(28-16-8-14-26(20-28)24-10-4-2-5-11-24)22-31(19-23)29-17-9-15-27(21-29)25-12-6-3-7-13-25;1-15-12-13-18(16-8-4-2-5-9-16)19(14-15)17-10-6-3-7-11-17;1-15-8-7-11-17(14-15)19-13-6-5-12-18(19)16-9-3-2-4-10-16;1-15-8-5-6-13-19(15)18-12-7-11-17(14-18)16-9-3-2-4-10-16/h2-30H,1H3;2-22H,1H3;3*2-14H,1H3. The van der Waals surface area contributed by atoms with E-state index in [0.29, 0.717) is 0 Å². The Bertz CT molecular complexity index is 6930. The Morgan fingerprint density at radius 2 is 0.260 bits per heavy atom. The maximum absolute atomic E-state index is 2.35. The molecule has 0 spiro atoms. The molecule has 0 saturated carbocycles. The van der Waals surface area contributed by atoms with Crippen molar-refractivity contribution in [3.8, 4) is 178 Å². The van der Waals surface area contributed by atoms with E-state index >= 15 is 0 Å². The van der Waals surface area contributed by atoms with Gasteiger partial charge in [-0.2, -0.15) is 0 Å². The lowest BCUT2D eigenvalue weighted by Gasteiger charge is -2.15. The zero-order valence-corrected chi connectivity index (χ0v) is 74.9. The molecule has 0 aromatic heterocycles. The predicted molar refractivity (Wildman–Crippen MR) is 563 cm³/mol. The Labute approximate surface area is 774 Å². The molecule has 0 saturated heterocycles. The van der Waals surface area contributed by atoms with E-state index in [4.69, 9.17) is 0 Å². The average Bonchev–Trinajstić information content (AvgIpc) is 0.789. The number of hydrogen-bond acceptors (Lipinski definition) is 0. The van der Waals surface area contributed by atoms with Gasteiger partial charge in [-0.3, -0.25) is 0 Å². The molecule has 0 unspecified atom stereocenters. The normalized spacial score (nSPS) is 10.6. The van der Waals surface area contributed by atoms with Gasteiger partial charge in [-0.15, -0.1) is 0 Å². The van der Waals surface area contributed by atoms with Gasteiger partial charge in [-0.25, -0.2) is 0 Å². The van der Waals surface area contributed by atoms with Gasteiger partial charge in [0.15, 0.2) is 0 Å². The van der Waals surface area contributed by atoms with Crippen LogP contribution in [0.4, 0.5) is 0 Å². The highest BCUT2D eigenvalue weighted by molar-refractivity contribution is 5.89. The molecule has 131 heavy (non-hydrogen) atoms. The zero-order chi connectivity index (χ0) is 89.3. The fourth-order valence-electron chi connectivity index (χ4n) is 17.2. The van der Waals surface area contributed by atoms with Crippen LogP contribution in [-0.2, 0) is 0 Å². The molecule has 0 nitrogen and oxygen atoms in total. The summed E-state index contributed by atoms with van der Waals surface area (Å²) in [5, 5.41) is 0. The third kappa shape index (κ3) is 22.5. The van der Waals surface area contributed by atoms with Crippen molar-refractivity contribution in [2.75, 3.05) is 0 Å². The lowest BCUT2D eigenvalue weighted by atomic mass is 9.89. The number of benzene rings is 21. The SMILES string of the molecule is Cc1cc(-c2cc(-c3ccccc3)cc(-c3ccccc3)c2)cc(-c2cc(-c3ccccc3)cc(-c3ccccc3)c2)c1.Cc1cc(-c2cccc(-c3ccccc3)c2)cc(-c2cccc(-c3ccccc3)c2)c1.Cc1ccc(-c2ccccc2)c(-c2ccccc2)c1.Cc1cccc(-c2ccccc2-c2ccccc2)c1.Cc1ccccc1-c1cccc(-c2ccccc2)c1. The second kappa shape index (κ2) is 42.7. The third-order valence-electron chi connectivity index (χ3n) is 23.8. The van der Waals surface area contributed by atoms with Crippen molar-refractivity contribution in [2.45, 2.75) is 34.6 Å². The molecular formula is C131H104. The van der Waals surface area contributed by atoms with Gasteiger partial charge in [0.05, 0.1) is 0 Å². The van der Waals surface area contributed by atoms with E-state index in [2.05, 4.69) is 575 Å². The lowest BCUT2D eigenvalue weighted by Crippen LogP contribution is -1.90. The molecule has 0 heterocycles. The van der Waals surface area contributed by atoms with Crippen LogP contribution in [0.25, 0.3) is 178 Å². The van der Waals surface area contributed by atoms with E-state index in [1.807, 2.05) is 0 Å². The van der Waals surface area contributed by atoms with E-state index < -0.39 is 0 Å². The zero-order valence-electron chi connectivity index (χ0n) is 74.9. The summed E-state index contributed by atoms with van der Waals surface area (Å²) in [5.74, 6) is 0. The van der Waals surface area contributed by atoms with Crippen molar-refractivity contribution in [1.82, 2.24) is 0 Å². The molecule has 0 aliphatic heterocycles. The largest absolute Gasteiger partial charge is 0.0622 e. The van der Waals surface area contributed by atoms with E-state index in [1.165, 1.54) is 206 Å². The van der Waals surface area contributed by atoms with Crippen LogP contribution in [0, 0.1) is 34.6 Å². The Morgan fingerprint density at radius 1 is 0.0840 bits per heavy atom. The van der Waals surface area contributed by atoms with Crippen LogP contribution in [0.15, 0.2) is 540 Å². The van der Waals surface area contributed by atoms with Crippen LogP contribution >= 0.6 is 0 Å². The van der Waals surface area contributed by atoms with Gasteiger partial charge >= 0.3 is 0 Å². The minimum atomic E-state index is 1.22. The minimum absolute atomic E-state index is 1.22. The van der Waals surface area contributed by atoms with Crippen LogP contribution in [0.5, 0.6) is 0 Å². The molecule has 0 aliphatic carbocycles. The second-order valence-corrected chi connectivity index (χ2v) is 33.5. The molecule has 21 aromatic carbocycles. The molecule has 0 atom stereocenters. The Balaban J connectivity index is 0.000000120. The molecule has 21 rings (SSSR count). The van der Waals surface area contributed by atoms with Crippen LogP contribution in [0.1, 0.15) is 27.8 Å². The molecular weight excluding hydrogens is 1570 g/mol. The van der Waals surface area contributed by atoms with Crippen LogP contribution in [0.2, 0.25) is 0 Å². The van der Waals surface area contributed by atoms with Gasteiger partial charge < -0.3 is 0 Å². The monoisotopic (exact) mass is 1680 g/mol. The maximum Gasteiger partial charge on any atom is -0.0103 e. The Morgan fingerprint density at radius 3 is 0.573 bits per heavy atom. The van der Waals surface area contributed by atoms with E-state index in [9.17, 15) is 0 Å². The first-order chi connectivity index (χ1) is 64.5. The smallest absolute Gasteiger partial charge is 0.0103 e. The van der Waals surface area contributed by atoms with Crippen molar-refractivity contribution >= 4 is 0 Å². The fraction of sp³-hybridized carbons (Fsp3) is 0.0382. The maximum atomic E-state index is 2.35. The summed E-state index contributed by atoms with van der Waals surface area (Å²) in [6, 6.07) is 193. The van der Waals surface area contributed by atoms with Crippen molar-refractivity contribution < 1.29 is 0 Å². The summed E-state index contributed by atoms with van der Waals surface area (Å²) in [5.41, 5.74) is 46.3. The van der Waals surface area contributed by atoms with Crippen molar-refractivity contribution in [3.63, 3.8) is 0 Å². The summed E-state index contributed by atoms with van der Waals surface area (Å²) in [7, 11) is 0. The van der Waals surface area contributed by atoms with Gasteiger partial charge in [0.1, 0.15) is 0 Å². The summed E-state index contributed by atoms with van der Waals surface area (Å²) >= 11 is 0. The van der Waals surface area contributed by atoms with E-state index in [-0.39, 0.29) is 0 Å². The summed E-state index contributed by atoms with van der Waals surface area (Å²) in [6.45, 7) is 10.8. The summed E-state index contributed by atoms with van der Waals surface area (Å²) in [6.07, 6.45) is 0. The van der Waals surface area contributed by atoms with Crippen LogP contribution in [0.3, 0.4) is 0 Å². The van der Waals surface area contributed by atoms with Gasteiger partial charge in [0, 0.05) is 0 Å². The number of aryl methyl sites for hydroxylation is 5. The fourth-order valence-corrected chi connectivity index (χ4v) is 17.2. The van der Waals surface area contributed by atoms with Gasteiger partial charge in [0.25, 0.3) is 0 Å². The lowest BCUT2D eigenvalue weighted by molar-refractivity contribution is 1.45. The molecule has 0 amide bonds. The minimum Gasteiger partial charge on any atom is -0.0622 e. The molecule has 0 radical (unpaired) electrons. The molecule has 628 valence electrons. The summed E-state index contributed by atoms with van der Waals surface area (Å²) < 4.78 is 0. The quantitative estimate of drug-likeness (QED) is 0.0904.